The number of carbonyl (C=O) groups excluding carboxylic acids is 1. The average Bonchev–Trinajstić information content (AvgIpc) is 3.54. The number of benzene rings is 4. The predicted molar refractivity (Wildman–Crippen MR) is 219 cm³/mol. The molecule has 0 saturated heterocycles. The van der Waals surface area contributed by atoms with E-state index in [0.29, 0.717) is 25.2 Å². The highest BCUT2D eigenvalue weighted by molar-refractivity contribution is 5.97. The van der Waals surface area contributed by atoms with Crippen molar-refractivity contribution in [2.45, 2.75) is 91.3 Å². The van der Waals surface area contributed by atoms with Gasteiger partial charge in [0.05, 0.1) is 11.0 Å². The Balaban J connectivity index is 1.39. The van der Waals surface area contributed by atoms with Gasteiger partial charge in [0.2, 0.25) is 0 Å². The number of nitrogen functional groups attached to an aromatic ring is 1. The number of rotatable bonds is 22. The van der Waals surface area contributed by atoms with Crippen LogP contribution >= 0.6 is 0 Å². The first kappa shape index (κ1) is 39.4. The van der Waals surface area contributed by atoms with Crippen LogP contribution in [0.4, 0.5) is 0 Å². The van der Waals surface area contributed by atoms with Crippen LogP contribution in [0.25, 0.3) is 11.0 Å². The van der Waals surface area contributed by atoms with Gasteiger partial charge in [-0.1, -0.05) is 106 Å². The smallest absolute Gasteiger partial charge is 0.254 e. The number of aromatic nitrogens is 2. The summed E-state index contributed by atoms with van der Waals surface area (Å²) in [5.41, 5.74) is 19.5. The van der Waals surface area contributed by atoms with Gasteiger partial charge in [-0.3, -0.25) is 10.2 Å². The Morgan fingerprint density at radius 2 is 1.32 bits per heavy atom. The summed E-state index contributed by atoms with van der Waals surface area (Å²) in [5, 5.41) is 7.75. The van der Waals surface area contributed by atoms with Crippen LogP contribution in [-0.4, -0.2) is 57.3 Å². The number of fused-ring (bicyclic) bond motifs is 1. The third-order valence-electron chi connectivity index (χ3n) is 10.1. The first-order valence-corrected chi connectivity index (χ1v) is 19.6. The summed E-state index contributed by atoms with van der Waals surface area (Å²) in [5.74, 6) is 1.13. The van der Waals surface area contributed by atoms with Crippen molar-refractivity contribution in [2.75, 3.05) is 26.2 Å². The minimum absolute atomic E-state index is 0.0204. The number of hydrogen-bond donors (Lipinski definition) is 3. The first-order valence-electron chi connectivity index (χ1n) is 19.6. The summed E-state index contributed by atoms with van der Waals surface area (Å²) >= 11 is 0. The van der Waals surface area contributed by atoms with Crippen LogP contribution in [0, 0.1) is 5.41 Å². The zero-order chi connectivity index (χ0) is 37.4. The van der Waals surface area contributed by atoms with E-state index in [9.17, 15) is 4.79 Å². The second kappa shape index (κ2) is 20.5. The standard InChI is InChI=1S/C45H59N7O/c1-3-5-27-50(28-6-4-2)29-11-31-52-42-25-24-40(32-41(42)49-43(52)26-21-36-19-22-39(23-20-36)44(47)48)45(53)51(30-10-14-35-12-8-7-9-13-35)34-38-17-15-37(33-46)16-18-38/h7-9,12-13,15-20,22-25,32H,3-6,10-11,14,21,26-31,33-34,46H2,1-2H3,(H3,47,48). The number of hydrogen-bond acceptors (Lipinski definition) is 5. The molecule has 53 heavy (non-hydrogen) atoms. The molecule has 8 nitrogen and oxygen atoms in total. The van der Waals surface area contributed by atoms with Crippen molar-refractivity contribution >= 4 is 22.8 Å². The molecule has 0 bridgehead atoms. The lowest BCUT2D eigenvalue weighted by Crippen LogP contribution is -2.31. The van der Waals surface area contributed by atoms with E-state index in [4.69, 9.17) is 21.9 Å². The summed E-state index contributed by atoms with van der Waals surface area (Å²) in [6, 6.07) is 32.7. The Morgan fingerprint density at radius 3 is 1.98 bits per heavy atom. The molecule has 4 aromatic carbocycles. The molecule has 0 aliphatic rings. The highest BCUT2D eigenvalue weighted by Crippen LogP contribution is 2.23. The maximum atomic E-state index is 14.3. The Morgan fingerprint density at radius 1 is 0.698 bits per heavy atom. The molecule has 5 N–H and O–H groups in total. The fourth-order valence-corrected chi connectivity index (χ4v) is 6.97. The normalized spacial score (nSPS) is 11.4. The number of nitrogens with zero attached hydrogens (tertiary/aromatic N) is 4. The van der Waals surface area contributed by atoms with Crippen molar-refractivity contribution in [1.29, 1.82) is 5.41 Å². The summed E-state index contributed by atoms with van der Waals surface area (Å²) in [6.07, 6.45) is 9.29. The lowest BCUT2D eigenvalue weighted by Gasteiger charge is -2.23. The van der Waals surface area contributed by atoms with Crippen molar-refractivity contribution in [2.24, 2.45) is 11.5 Å². The summed E-state index contributed by atoms with van der Waals surface area (Å²) in [6.45, 7) is 10.4. The van der Waals surface area contributed by atoms with Gasteiger partial charge in [0, 0.05) is 43.7 Å². The quantitative estimate of drug-likeness (QED) is 0.0495. The molecule has 1 aromatic heterocycles. The second-order valence-corrected chi connectivity index (χ2v) is 14.2. The van der Waals surface area contributed by atoms with Crippen LogP contribution in [0.1, 0.15) is 96.4 Å². The molecule has 0 aliphatic carbocycles. The van der Waals surface area contributed by atoms with Crippen LogP contribution in [0.3, 0.4) is 0 Å². The van der Waals surface area contributed by atoms with Crippen molar-refractivity contribution < 1.29 is 4.79 Å². The topological polar surface area (TPSA) is 117 Å². The van der Waals surface area contributed by atoms with Crippen LogP contribution in [0.5, 0.6) is 0 Å². The van der Waals surface area contributed by atoms with E-state index in [1.165, 1.54) is 36.8 Å². The van der Waals surface area contributed by atoms with Crippen molar-refractivity contribution in [3.8, 4) is 0 Å². The molecule has 0 saturated carbocycles. The predicted octanol–water partition coefficient (Wildman–Crippen LogP) is 8.13. The maximum absolute atomic E-state index is 14.3. The molecule has 1 amide bonds. The number of amides is 1. The number of amidine groups is 1. The molecule has 0 aliphatic heterocycles. The molecule has 280 valence electrons. The fourth-order valence-electron chi connectivity index (χ4n) is 6.97. The van der Waals surface area contributed by atoms with Gasteiger partial charge in [0.15, 0.2) is 0 Å². The first-order chi connectivity index (χ1) is 25.9. The third-order valence-corrected chi connectivity index (χ3v) is 10.1. The third kappa shape index (κ3) is 11.6. The molecule has 0 fully saturated rings. The molecule has 8 heteroatoms. The lowest BCUT2D eigenvalue weighted by molar-refractivity contribution is 0.0741. The van der Waals surface area contributed by atoms with E-state index in [1.54, 1.807) is 0 Å². The highest BCUT2D eigenvalue weighted by Gasteiger charge is 2.19. The van der Waals surface area contributed by atoms with E-state index in [1.807, 2.05) is 47.4 Å². The van der Waals surface area contributed by atoms with Gasteiger partial charge in [-0.15, -0.1) is 0 Å². The van der Waals surface area contributed by atoms with E-state index in [-0.39, 0.29) is 11.7 Å². The zero-order valence-electron chi connectivity index (χ0n) is 31.9. The van der Waals surface area contributed by atoms with Crippen LogP contribution in [-0.2, 0) is 38.9 Å². The molecule has 5 rings (SSSR count). The molecule has 0 radical (unpaired) electrons. The number of nitrogens with two attached hydrogens (primary N) is 2. The van der Waals surface area contributed by atoms with Gasteiger partial charge in [0.1, 0.15) is 11.7 Å². The zero-order valence-corrected chi connectivity index (χ0v) is 31.9. The molecular formula is C45H59N7O. The number of imidazole rings is 1. The van der Waals surface area contributed by atoms with E-state index >= 15 is 0 Å². The number of aryl methyl sites for hydroxylation is 4. The van der Waals surface area contributed by atoms with Crippen molar-refractivity contribution in [3.05, 3.63) is 136 Å². The van der Waals surface area contributed by atoms with Gasteiger partial charge in [-0.2, -0.15) is 0 Å². The SMILES string of the molecule is CCCCN(CCCC)CCCn1c(CCc2ccc(C(=N)N)cc2)nc2cc(C(=O)N(CCCc3ccccc3)Cc3ccc(CN)cc3)ccc21. The minimum atomic E-state index is 0.0204. The Labute approximate surface area is 316 Å². The summed E-state index contributed by atoms with van der Waals surface area (Å²) in [7, 11) is 0. The summed E-state index contributed by atoms with van der Waals surface area (Å²) < 4.78 is 2.38. The van der Waals surface area contributed by atoms with Gasteiger partial charge in [0.25, 0.3) is 5.91 Å². The van der Waals surface area contributed by atoms with Gasteiger partial charge in [-0.25, -0.2) is 4.98 Å². The Bertz CT molecular complexity index is 1860. The van der Waals surface area contributed by atoms with Crippen molar-refractivity contribution in [1.82, 2.24) is 19.4 Å². The second-order valence-electron chi connectivity index (χ2n) is 14.2. The Hall–Kier alpha value is -4.79. The minimum Gasteiger partial charge on any atom is -0.384 e. The molecular weight excluding hydrogens is 655 g/mol. The maximum Gasteiger partial charge on any atom is 0.254 e. The summed E-state index contributed by atoms with van der Waals surface area (Å²) in [4.78, 5) is 24.1. The highest BCUT2D eigenvalue weighted by atomic mass is 16.2. The number of carbonyl (C=O) groups is 1. The van der Waals surface area contributed by atoms with E-state index in [0.717, 1.165) is 91.8 Å². The molecule has 0 spiro atoms. The van der Waals surface area contributed by atoms with E-state index in [2.05, 4.69) is 77.9 Å². The van der Waals surface area contributed by atoms with Gasteiger partial charge in [-0.05, 0) is 98.6 Å². The Kier molecular flexibility index (Phi) is 15.2. The number of nitrogens with one attached hydrogen (secondary N) is 1. The molecule has 0 atom stereocenters. The largest absolute Gasteiger partial charge is 0.384 e. The van der Waals surface area contributed by atoms with Crippen LogP contribution in [0.2, 0.25) is 0 Å². The molecule has 5 aromatic rings. The van der Waals surface area contributed by atoms with E-state index < -0.39 is 0 Å². The monoisotopic (exact) mass is 713 g/mol. The van der Waals surface area contributed by atoms with Crippen molar-refractivity contribution in [3.63, 3.8) is 0 Å². The van der Waals surface area contributed by atoms with Gasteiger partial charge < -0.3 is 25.8 Å². The average molecular weight is 714 g/mol. The van der Waals surface area contributed by atoms with Crippen LogP contribution < -0.4 is 11.5 Å². The lowest BCUT2D eigenvalue weighted by atomic mass is 10.1. The van der Waals surface area contributed by atoms with Crippen LogP contribution in [0.15, 0.2) is 97.1 Å². The molecule has 1 heterocycles. The van der Waals surface area contributed by atoms with Gasteiger partial charge >= 0.3 is 0 Å². The number of unbranched alkanes of at least 4 members (excludes halogenated alkanes) is 2. The fraction of sp³-hybridized carbons (Fsp3) is 0.400. The molecule has 0 unspecified atom stereocenters.